The van der Waals surface area contributed by atoms with Gasteiger partial charge in [0.25, 0.3) is 0 Å². The molecule has 5 heteroatoms. The number of hydrogen-bond donors (Lipinski definition) is 1. The molecule has 90 valence electrons. The van der Waals surface area contributed by atoms with Crippen LogP contribution in [0.15, 0.2) is 0 Å². The number of ether oxygens (including phenoxy) is 1. The molecule has 0 aromatic heterocycles. The summed E-state index contributed by atoms with van der Waals surface area (Å²) in [5.74, 6) is 0.698. The molecule has 0 heterocycles. The molecular weight excluding hydrogens is 207 g/mol. The molecule has 0 aromatic rings. The van der Waals surface area contributed by atoms with Crippen molar-refractivity contribution >= 4 is 0 Å². The molecule has 1 N–H and O–H groups in total. The number of nitrogens with one attached hydrogen (secondary N) is 1. The van der Waals surface area contributed by atoms with Gasteiger partial charge in [-0.05, 0) is 18.9 Å². The highest BCUT2D eigenvalue weighted by Gasteiger charge is 2.29. The van der Waals surface area contributed by atoms with Crippen molar-refractivity contribution in [3.8, 4) is 0 Å². The summed E-state index contributed by atoms with van der Waals surface area (Å²) >= 11 is 0. The van der Waals surface area contributed by atoms with Gasteiger partial charge in [-0.1, -0.05) is 19.8 Å². The number of rotatable bonds is 7. The molecule has 0 amide bonds. The molecule has 1 aliphatic rings. The average molecular weight is 225 g/mol. The van der Waals surface area contributed by atoms with E-state index in [1.54, 1.807) is 0 Å². The smallest absolute Gasteiger partial charge is 0.370 e. The van der Waals surface area contributed by atoms with Crippen LogP contribution in [0.5, 0.6) is 0 Å². The molecule has 0 bridgehead atoms. The minimum absolute atomic E-state index is 0.0739. The van der Waals surface area contributed by atoms with Crippen LogP contribution in [0.2, 0.25) is 0 Å². The second-order valence-corrected chi connectivity index (χ2v) is 4.06. The van der Waals surface area contributed by atoms with Gasteiger partial charge < -0.3 is 10.1 Å². The molecule has 1 atom stereocenters. The van der Waals surface area contributed by atoms with Gasteiger partial charge in [-0.15, -0.1) is 0 Å². The first-order valence-corrected chi connectivity index (χ1v) is 5.39. The van der Waals surface area contributed by atoms with E-state index in [1.807, 2.05) is 6.92 Å². The Morgan fingerprint density at radius 2 is 2.07 bits per heavy atom. The highest BCUT2D eigenvalue weighted by Crippen LogP contribution is 2.33. The Bertz CT molecular complexity index is 180. The van der Waals surface area contributed by atoms with Crippen LogP contribution in [0.3, 0.4) is 0 Å². The summed E-state index contributed by atoms with van der Waals surface area (Å²) < 4.78 is 40.1. The van der Waals surface area contributed by atoms with Gasteiger partial charge in [0.2, 0.25) is 0 Å². The van der Waals surface area contributed by atoms with Crippen molar-refractivity contribution in [2.75, 3.05) is 19.8 Å². The highest BCUT2D eigenvalue weighted by atomic mass is 19.4. The molecule has 0 spiro atoms. The molecule has 1 aliphatic carbocycles. The quantitative estimate of drug-likeness (QED) is 0.718. The fraction of sp³-hybridized carbons (Fsp3) is 1.00. The third-order valence-corrected chi connectivity index (χ3v) is 2.39. The first kappa shape index (κ1) is 12.8. The first-order valence-electron chi connectivity index (χ1n) is 5.39. The predicted octanol–water partition coefficient (Wildman–Crippen LogP) is 2.34. The number of alkyl halides is 3. The van der Waals surface area contributed by atoms with E-state index in [-0.39, 0.29) is 12.6 Å². The molecule has 1 unspecified atom stereocenters. The van der Waals surface area contributed by atoms with Crippen LogP contribution in [-0.2, 0) is 4.74 Å². The number of likely N-dealkylation sites (N-methyl/N-ethyl adjacent to an activating group) is 1. The van der Waals surface area contributed by atoms with E-state index in [2.05, 4.69) is 10.1 Å². The summed E-state index contributed by atoms with van der Waals surface area (Å²) in [6.07, 6.45) is -0.857. The second-order valence-electron chi connectivity index (χ2n) is 4.06. The molecule has 15 heavy (non-hydrogen) atoms. The maximum Gasteiger partial charge on any atom is 0.411 e. The first-order chi connectivity index (χ1) is 7.01. The molecule has 2 nitrogen and oxygen atoms in total. The molecule has 1 rings (SSSR count). The van der Waals surface area contributed by atoms with Crippen molar-refractivity contribution in [3.63, 3.8) is 0 Å². The van der Waals surface area contributed by atoms with Gasteiger partial charge in [0.05, 0.1) is 6.61 Å². The molecule has 1 fully saturated rings. The number of hydrogen-bond acceptors (Lipinski definition) is 2. The zero-order chi connectivity index (χ0) is 11.3. The van der Waals surface area contributed by atoms with Crippen LogP contribution in [-0.4, -0.2) is 32.0 Å². The third kappa shape index (κ3) is 6.73. The zero-order valence-corrected chi connectivity index (χ0v) is 8.94. The van der Waals surface area contributed by atoms with Crippen LogP contribution in [0, 0.1) is 5.92 Å². The van der Waals surface area contributed by atoms with E-state index in [1.165, 1.54) is 12.8 Å². The Kier molecular flexibility index (Phi) is 4.86. The molecule has 0 aliphatic heterocycles. The summed E-state index contributed by atoms with van der Waals surface area (Å²) in [6, 6.07) is 0.0739. The molecule has 1 saturated carbocycles. The lowest BCUT2D eigenvalue weighted by molar-refractivity contribution is -0.175. The Morgan fingerprint density at radius 1 is 1.40 bits per heavy atom. The summed E-state index contributed by atoms with van der Waals surface area (Å²) in [5.41, 5.74) is 0. The van der Waals surface area contributed by atoms with Crippen molar-refractivity contribution in [3.05, 3.63) is 0 Å². The molecule has 0 aromatic carbocycles. The fourth-order valence-corrected chi connectivity index (χ4v) is 1.57. The highest BCUT2D eigenvalue weighted by molar-refractivity contribution is 4.79. The molecule has 0 saturated heterocycles. The van der Waals surface area contributed by atoms with Gasteiger partial charge in [0, 0.05) is 6.04 Å². The largest absolute Gasteiger partial charge is 0.411 e. The summed E-state index contributed by atoms with van der Waals surface area (Å²) in [4.78, 5) is 0. The molecule has 0 radical (unpaired) electrons. The van der Waals surface area contributed by atoms with Gasteiger partial charge in [-0.2, -0.15) is 13.2 Å². The van der Waals surface area contributed by atoms with Crippen LogP contribution >= 0.6 is 0 Å². The summed E-state index contributed by atoms with van der Waals surface area (Å²) in [7, 11) is 0. The monoisotopic (exact) mass is 225 g/mol. The van der Waals surface area contributed by atoms with Crippen LogP contribution < -0.4 is 5.32 Å². The lowest BCUT2D eigenvalue weighted by Gasteiger charge is -2.18. The minimum atomic E-state index is -4.21. The maximum absolute atomic E-state index is 11.8. The summed E-state index contributed by atoms with van der Waals surface area (Å²) in [5, 5.41) is 3.15. The lowest BCUT2D eigenvalue weighted by atomic mass is 10.1. The van der Waals surface area contributed by atoms with Gasteiger partial charge in [0.1, 0.15) is 6.61 Å². The predicted molar refractivity (Wildman–Crippen MR) is 51.7 cm³/mol. The Balaban J connectivity index is 2.12. The van der Waals surface area contributed by atoms with E-state index in [4.69, 9.17) is 0 Å². The van der Waals surface area contributed by atoms with Crippen molar-refractivity contribution < 1.29 is 17.9 Å². The van der Waals surface area contributed by atoms with E-state index >= 15 is 0 Å². The minimum Gasteiger partial charge on any atom is -0.370 e. The van der Waals surface area contributed by atoms with E-state index in [0.717, 1.165) is 13.0 Å². The van der Waals surface area contributed by atoms with Crippen molar-refractivity contribution in [2.45, 2.75) is 38.4 Å². The standard InChI is InChI=1S/C10H18F3NO/c1-2-14-9(5-8-3-4-8)6-15-7-10(11,12)13/h8-9,14H,2-7H2,1H3. The van der Waals surface area contributed by atoms with Gasteiger partial charge in [-0.25, -0.2) is 0 Å². The van der Waals surface area contributed by atoms with E-state index in [0.29, 0.717) is 5.92 Å². The Labute approximate surface area is 88.2 Å². The van der Waals surface area contributed by atoms with Crippen LogP contribution in [0.25, 0.3) is 0 Å². The normalized spacial score (nSPS) is 19.2. The Hall–Kier alpha value is -0.290. The SMILES string of the molecule is CCNC(COCC(F)(F)F)CC1CC1. The van der Waals surface area contributed by atoms with E-state index in [9.17, 15) is 13.2 Å². The van der Waals surface area contributed by atoms with Gasteiger partial charge in [0.15, 0.2) is 0 Å². The van der Waals surface area contributed by atoms with Crippen molar-refractivity contribution in [2.24, 2.45) is 5.92 Å². The van der Waals surface area contributed by atoms with Crippen molar-refractivity contribution in [1.82, 2.24) is 5.32 Å². The lowest BCUT2D eigenvalue weighted by Crippen LogP contribution is -2.35. The third-order valence-electron chi connectivity index (χ3n) is 2.39. The maximum atomic E-state index is 11.8. The van der Waals surface area contributed by atoms with Crippen molar-refractivity contribution in [1.29, 1.82) is 0 Å². The van der Waals surface area contributed by atoms with Gasteiger partial charge in [-0.3, -0.25) is 0 Å². The number of halogens is 3. The fourth-order valence-electron chi connectivity index (χ4n) is 1.57. The Morgan fingerprint density at radius 3 is 2.53 bits per heavy atom. The average Bonchev–Trinajstić information content (AvgIpc) is 2.86. The topological polar surface area (TPSA) is 21.3 Å². The molecular formula is C10H18F3NO. The summed E-state index contributed by atoms with van der Waals surface area (Å²) in [6.45, 7) is 1.74. The second kappa shape index (κ2) is 5.70. The van der Waals surface area contributed by atoms with Gasteiger partial charge >= 0.3 is 6.18 Å². The van der Waals surface area contributed by atoms with E-state index < -0.39 is 12.8 Å². The zero-order valence-electron chi connectivity index (χ0n) is 8.94. The van der Waals surface area contributed by atoms with Crippen LogP contribution in [0.1, 0.15) is 26.2 Å². The van der Waals surface area contributed by atoms with Crippen LogP contribution in [0.4, 0.5) is 13.2 Å².